The van der Waals surface area contributed by atoms with Gasteiger partial charge in [0.1, 0.15) is 5.75 Å². The first-order valence-corrected chi connectivity index (χ1v) is 7.25. The Morgan fingerprint density at radius 3 is 2.85 bits per heavy atom. The number of amides is 1. The molecule has 0 aromatic heterocycles. The van der Waals surface area contributed by atoms with Crippen molar-refractivity contribution in [2.75, 3.05) is 19.7 Å². The fourth-order valence-corrected chi connectivity index (χ4v) is 2.60. The van der Waals surface area contributed by atoms with Gasteiger partial charge in [-0.2, -0.15) is 0 Å². The molecule has 2 rings (SSSR count). The number of rotatable bonds is 4. The molecule has 20 heavy (non-hydrogen) atoms. The van der Waals surface area contributed by atoms with Crippen LogP contribution in [0.2, 0.25) is 0 Å². The summed E-state index contributed by atoms with van der Waals surface area (Å²) in [6.45, 7) is 0.796. The van der Waals surface area contributed by atoms with Gasteiger partial charge in [0, 0.05) is 13.1 Å². The molecule has 0 unspecified atom stereocenters. The second-order valence-corrected chi connectivity index (χ2v) is 5.59. The Bertz CT molecular complexity index is 506. The maximum atomic E-state index is 12.0. The summed E-state index contributed by atoms with van der Waals surface area (Å²) in [4.78, 5) is 24.6. The van der Waals surface area contributed by atoms with E-state index in [9.17, 15) is 9.59 Å². The van der Waals surface area contributed by atoms with Gasteiger partial charge in [-0.05, 0) is 40.9 Å². The molecule has 0 spiro atoms. The van der Waals surface area contributed by atoms with Gasteiger partial charge in [0.05, 0.1) is 10.4 Å². The summed E-state index contributed by atoms with van der Waals surface area (Å²) in [5.74, 6) is -0.871. The third-order valence-corrected chi connectivity index (χ3v) is 3.97. The summed E-state index contributed by atoms with van der Waals surface area (Å²) in [5, 5.41) is 9.01. The van der Waals surface area contributed by atoms with Crippen LogP contribution in [0, 0.1) is 5.92 Å². The van der Waals surface area contributed by atoms with Crippen molar-refractivity contribution in [3.05, 3.63) is 28.7 Å². The number of carboxylic acid groups (broad SMARTS) is 1. The second kappa shape index (κ2) is 6.74. The van der Waals surface area contributed by atoms with Crippen LogP contribution in [0.1, 0.15) is 12.8 Å². The van der Waals surface area contributed by atoms with E-state index in [-0.39, 0.29) is 19.1 Å². The third kappa shape index (κ3) is 3.72. The van der Waals surface area contributed by atoms with Gasteiger partial charge in [0.25, 0.3) is 5.91 Å². The third-order valence-electron chi connectivity index (χ3n) is 3.31. The molecule has 1 saturated heterocycles. The van der Waals surface area contributed by atoms with E-state index in [1.54, 1.807) is 11.0 Å². The fourth-order valence-electron chi connectivity index (χ4n) is 2.20. The standard InChI is InChI=1S/C14H16BrNO4/c15-11-5-1-2-6-12(11)20-9-13(17)16-7-3-4-10(8-16)14(18)19/h1-2,5-6,10H,3-4,7-9H2,(H,18,19)/t10-/m0/s1. The van der Waals surface area contributed by atoms with Crippen molar-refractivity contribution in [2.24, 2.45) is 5.92 Å². The zero-order valence-corrected chi connectivity index (χ0v) is 12.5. The number of hydrogen-bond acceptors (Lipinski definition) is 3. The Balaban J connectivity index is 1.89. The van der Waals surface area contributed by atoms with E-state index in [1.165, 1.54) is 0 Å². The van der Waals surface area contributed by atoms with E-state index in [0.717, 1.165) is 10.9 Å². The molecule has 1 aliphatic rings. The SMILES string of the molecule is O=C(O)[C@H]1CCCN(C(=O)COc2ccccc2Br)C1. The predicted molar refractivity (Wildman–Crippen MR) is 76.6 cm³/mol. The molecule has 0 aliphatic carbocycles. The Kier molecular flexibility index (Phi) is 5.00. The number of aliphatic carboxylic acids is 1. The fraction of sp³-hybridized carbons (Fsp3) is 0.429. The van der Waals surface area contributed by atoms with Gasteiger partial charge in [0.15, 0.2) is 6.61 Å². The number of para-hydroxylation sites is 1. The highest BCUT2D eigenvalue weighted by atomic mass is 79.9. The zero-order chi connectivity index (χ0) is 14.5. The number of likely N-dealkylation sites (tertiary alicyclic amines) is 1. The normalized spacial score (nSPS) is 18.6. The van der Waals surface area contributed by atoms with Crippen LogP contribution in [0.5, 0.6) is 5.75 Å². The average Bonchev–Trinajstić information content (AvgIpc) is 2.46. The summed E-state index contributed by atoms with van der Waals surface area (Å²) in [7, 11) is 0. The minimum Gasteiger partial charge on any atom is -0.483 e. The van der Waals surface area contributed by atoms with Crippen LogP contribution in [-0.4, -0.2) is 41.6 Å². The van der Waals surface area contributed by atoms with Gasteiger partial charge in [-0.15, -0.1) is 0 Å². The van der Waals surface area contributed by atoms with Crippen LogP contribution in [-0.2, 0) is 9.59 Å². The van der Waals surface area contributed by atoms with Crippen molar-refractivity contribution in [3.63, 3.8) is 0 Å². The molecule has 1 aliphatic heterocycles. The van der Waals surface area contributed by atoms with Crippen LogP contribution in [0.3, 0.4) is 0 Å². The van der Waals surface area contributed by atoms with Crippen LogP contribution in [0.25, 0.3) is 0 Å². The Morgan fingerprint density at radius 1 is 1.40 bits per heavy atom. The first-order valence-electron chi connectivity index (χ1n) is 6.46. The molecule has 1 aromatic carbocycles. The highest BCUT2D eigenvalue weighted by Gasteiger charge is 2.28. The highest BCUT2D eigenvalue weighted by molar-refractivity contribution is 9.10. The minimum atomic E-state index is -0.839. The topological polar surface area (TPSA) is 66.8 Å². The Morgan fingerprint density at radius 2 is 2.15 bits per heavy atom. The first kappa shape index (κ1) is 14.8. The highest BCUT2D eigenvalue weighted by Crippen LogP contribution is 2.24. The number of carbonyl (C=O) groups excluding carboxylic acids is 1. The monoisotopic (exact) mass is 341 g/mol. The largest absolute Gasteiger partial charge is 0.483 e. The maximum Gasteiger partial charge on any atom is 0.308 e. The van der Waals surface area contributed by atoms with Crippen molar-refractivity contribution in [1.29, 1.82) is 0 Å². The van der Waals surface area contributed by atoms with E-state index in [4.69, 9.17) is 9.84 Å². The Labute approximate surface area is 125 Å². The number of ether oxygens (including phenoxy) is 1. The summed E-state index contributed by atoms with van der Waals surface area (Å²) in [5.41, 5.74) is 0. The van der Waals surface area contributed by atoms with Crippen LogP contribution < -0.4 is 4.74 Å². The lowest BCUT2D eigenvalue weighted by Gasteiger charge is -2.30. The van der Waals surface area contributed by atoms with Crippen molar-refractivity contribution in [1.82, 2.24) is 4.90 Å². The van der Waals surface area contributed by atoms with Gasteiger partial charge in [0.2, 0.25) is 0 Å². The molecule has 1 aromatic rings. The molecule has 5 nitrogen and oxygen atoms in total. The van der Waals surface area contributed by atoms with Gasteiger partial charge in [-0.1, -0.05) is 12.1 Å². The molecule has 1 fully saturated rings. The number of benzene rings is 1. The van der Waals surface area contributed by atoms with Gasteiger partial charge >= 0.3 is 5.97 Å². The van der Waals surface area contributed by atoms with Crippen molar-refractivity contribution in [3.8, 4) is 5.75 Å². The van der Waals surface area contributed by atoms with Gasteiger partial charge < -0.3 is 14.7 Å². The van der Waals surface area contributed by atoms with Crippen molar-refractivity contribution in [2.45, 2.75) is 12.8 Å². The van der Waals surface area contributed by atoms with E-state index >= 15 is 0 Å². The number of carboxylic acids is 1. The number of halogens is 1. The lowest BCUT2D eigenvalue weighted by molar-refractivity contribution is -0.146. The maximum absolute atomic E-state index is 12.0. The molecule has 0 saturated carbocycles. The molecule has 1 amide bonds. The molecule has 0 radical (unpaired) electrons. The number of hydrogen-bond donors (Lipinski definition) is 1. The van der Waals surface area contributed by atoms with Crippen molar-refractivity contribution < 1.29 is 19.4 Å². The number of nitrogens with zero attached hydrogens (tertiary/aromatic N) is 1. The second-order valence-electron chi connectivity index (χ2n) is 4.74. The predicted octanol–water partition coefficient (Wildman–Crippen LogP) is 2.15. The molecule has 6 heteroatoms. The average molecular weight is 342 g/mol. The summed E-state index contributed by atoms with van der Waals surface area (Å²) < 4.78 is 6.25. The molecule has 0 bridgehead atoms. The van der Waals surface area contributed by atoms with E-state index < -0.39 is 11.9 Å². The van der Waals surface area contributed by atoms with Crippen molar-refractivity contribution >= 4 is 27.8 Å². The molecule has 1 atom stereocenters. The molecular weight excluding hydrogens is 326 g/mol. The number of carbonyl (C=O) groups is 2. The summed E-state index contributed by atoms with van der Waals surface area (Å²) in [6, 6.07) is 7.29. The molecule has 1 heterocycles. The van der Waals surface area contributed by atoms with Crippen LogP contribution in [0.4, 0.5) is 0 Å². The molecule has 108 valence electrons. The Hall–Kier alpha value is -1.56. The molecule has 1 N–H and O–H groups in total. The van der Waals surface area contributed by atoms with E-state index in [0.29, 0.717) is 18.7 Å². The van der Waals surface area contributed by atoms with Gasteiger partial charge in [-0.25, -0.2) is 0 Å². The van der Waals surface area contributed by atoms with Crippen LogP contribution in [0.15, 0.2) is 28.7 Å². The quantitative estimate of drug-likeness (QED) is 0.911. The molecular formula is C14H16BrNO4. The summed E-state index contributed by atoms with van der Waals surface area (Å²) in [6.07, 6.45) is 1.35. The first-order chi connectivity index (χ1) is 9.58. The smallest absolute Gasteiger partial charge is 0.308 e. The van der Waals surface area contributed by atoms with E-state index in [2.05, 4.69) is 15.9 Å². The lowest BCUT2D eigenvalue weighted by atomic mass is 9.98. The van der Waals surface area contributed by atoms with Gasteiger partial charge in [-0.3, -0.25) is 9.59 Å². The zero-order valence-electron chi connectivity index (χ0n) is 10.9. The van der Waals surface area contributed by atoms with Crippen LogP contribution >= 0.6 is 15.9 Å². The number of piperidine rings is 1. The van der Waals surface area contributed by atoms with E-state index in [1.807, 2.05) is 18.2 Å². The lowest BCUT2D eigenvalue weighted by Crippen LogP contribution is -2.44. The minimum absolute atomic E-state index is 0.0745. The summed E-state index contributed by atoms with van der Waals surface area (Å²) >= 11 is 3.34.